The van der Waals surface area contributed by atoms with Crippen molar-refractivity contribution in [2.45, 2.75) is 39.3 Å². The monoisotopic (exact) mass is 232 g/mol. The first-order valence-electron chi connectivity index (χ1n) is 6.72. The summed E-state index contributed by atoms with van der Waals surface area (Å²) in [6, 6.07) is 9.40. The second-order valence-electron chi connectivity index (χ2n) is 5.47. The lowest BCUT2D eigenvalue weighted by molar-refractivity contribution is 0.180. The van der Waals surface area contributed by atoms with E-state index in [1.165, 1.54) is 11.1 Å². The van der Waals surface area contributed by atoms with Crippen molar-refractivity contribution in [1.82, 2.24) is 4.90 Å². The maximum absolute atomic E-state index is 6.23. The predicted molar refractivity (Wildman–Crippen MR) is 72.8 cm³/mol. The van der Waals surface area contributed by atoms with Crippen molar-refractivity contribution < 1.29 is 0 Å². The molecule has 0 saturated heterocycles. The topological polar surface area (TPSA) is 29.3 Å². The van der Waals surface area contributed by atoms with Crippen LogP contribution in [0.15, 0.2) is 24.3 Å². The average Bonchev–Trinajstić information content (AvgIpc) is 2.64. The minimum atomic E-state index is 0.220. The molecule has 2 N–H and O–H groups in total. The van der Waals surface area contributed by atoms with Crippen molar-refractivity contribution in [3.05, 3.63) is 35.4 Å². The highest BCUT2D eigenvalue weighted by atomic mass is 15.2. The van der Waals surface area contributed by atoms with E-state index >= 15 is 0 Å². The Bertz CT molecular complexity index is 373. The Labute approximate surface area is 105 Å². The van der Waals surface area contributed by atoms with Crippen molar-refractivity contribution in [2.75, 3.05) is 13.1 Å². The van der Waals surface area contributed by atoms with Gasteiger partial charge >= 0.3 is 0 Å². The standard InChI is InChI=1S/C15H24N2/c1-4-17(10-11(2)3)15-9-14(16)12-7-5-6-8-13(12)15/h5-8,11,14-15H,4,9-10,16H2,1-3H3. The SMILES string of the molecule is CCN(CC(C)C)C1CC(N)c2ccccc21. The maximum Gasteiger partial charge on any atom is 0.0369 e. The lowest BCUT2D eigenvalue weighted by Gasteiger charge is -2.30. The van der Waals surface area contributed by atoms with Crippen LogP contribution in [0.3, 0.4) is 0 Å². The van der Waals surface area contributed by atoms with Gasteiger partial charge in [-0.15, -0.1) is 0 Å². The van der Waals surface area contributed by atoms with Crippen LogP contribution in [0, 0.1) is 5.92 Å². The van der Waals surface area contributed by atoms with Gasteiger partial charge in [-0.1, -0.05) is 45.0 Å². The first-order valence-corrected chi connectivity index (χ1v) is 6.72. The quantitative estimate of drug-likeness (QED) is 0.864. The number of nitrogens with two attached hydrogens (primary N) is 1. The third-order valence-electron chi connectivity index (χ3n) is 3.68. The minimum absolute atomic E-state index is 0.220. The fourth-order valence-corrected chi connectivity index (χ4v) is 2.94. The van der Waals surface area contributed by atoms with Crippen molar-refractivity contribution in [1.29, 1.82) is 0 Å². The fraction of sp³-hybridized carbons (Fsp3) is 0.600. The van der Waals surface area contributed by atoms with Crippen molar-refractivity contribution in [2.24, 2.45) is 11.7 Å². The van der Waals surface area contributed by atoms with Gasteiger partial charge in [-0.05, 0) is 30.0 Å². The summed E-state index contributed by atoms with van der Waals surface area (Å²) < 4.78 is 0. The minimum Gasteiger partial charge on any atom is -0.324 e. The highest BCUT2D eigenvalue weighted by molar-refractivity contribution is 5.37. The Hall–Kier alpha value is -0.860. The normalized spacial score (nSPS) is 23.4. The van der Waals surface area contributed by atoms with Crippen LogP contribution in [0.5, 0.6) is 0 Å². The summed E-state index contributed by atoms with van der Waals surface area (Å²) in [7, 11) is 0. The summed E-state index contributed by atoms with van der Waals surface area (Å²) >= 11 is 0. The lowest BCUT2D eigenvalue weighted by Crippen LogP contribution is -2.31. The molecular formula is C15H24N2. The molecule has 2 atom stereocenters. The molecular weight excluding hydrogens is 208 g/mol. The summed E-state index contributed by atoms with van der Waals surface area (Å²) in [5.41, 5.74) is 9.03. The van der Waals surface area contributed by atoms with Gasteiger partial charge in [0.05, 0.1) is 0 Å². The van der Waals surface area contributed by atoms with E-state index in [1.807, 2.05) is 0 Å². The zero-order valence-corrected chi connectivity index (χ0v) is 11.2. The van der Waals surface area contributed by atoms with Crippen molar-refractivity contribution >= 4 is 0 Å². The summed E-state index contributed by atoms with van der Waals surface area (Å²) in [4.78, 5) is 2.57. The Kier molecular flexibility index (Phi) is 3.85. The molecule has 2 rings (SSSR count). The van der Waals surface area contributed by atoms with Gasteiger partial charge < -0.3 is 5.73 Å². The summed E-state index contributed by atoms with van der Waals surface area (Å²) in [5.74, 6) is 0.707. The number of benzene rings is 1. The Morgan fingerprint density at radius 1 is 1.29 bits per heavy atom. The van der Waals surface area contributed by atoms with E-state index in [1.54, 1.807) is 0 Å². The molecule has 1 aromatic rings. The maximum atomic E-state index is 6.23. The molecule has 2 unspecified atom stereocenters. The second-order valence-corrected chi connectivity index (χ2v) is 5.47. The zero-order valence-electron chi connectivity index (χ0n) is 11.2. The molecule has 2 nitrogen and oxygen atoms in total. The molecule has 0 saturated carbocycles. The number of rotatable bonds is 4. The van der Waals surface area contributed by atoms with Gasteiger partial charge in [0.1, 0.15) is 0 Å². The highest BCUT2D eigenvalue weighted by Gasteiger charge is 2.31. The lowest BCUT2D eigenvalue weighted by atomic mass is 10.1. The van der Waals surface area contributed by atoms with Gasteiger partial charge in [0.15, 0.2) is 0 Å². The molecule has 17 heavy (non-hydrogen) atoms. The summed E-state index contributed by atoms with van der Waals surface area (Å²) in [5, 5.41) is 0. The first kappa shape index (κ1) is 12.6. The van der Waals surface area contributed by atoms with E-state index < -0.39 is 0 Å². The third kappa shape index (κ3) is 2.53. The smallest absolute Gasteiger partial charge is 0.0369 e. The van der Waals surface area contributed by atoms with Crippen LogP contribution in [0.4, 0.5) is 0 Å². The Morgan fingerprint density at radius 2 is 1.94 bits per heavy atom. The summed E-state index contributed by atoms with van der Waals surface area (Å²) in [6.07, 6.45) is 1.07. The van der Waals surface area contributed by atoms with Gasteiger partial charge in [0.2, 0.25) is 0 Å². The van der Waals surface area contributed by atoms with Crippen LogP contribution in [0.25, 0.3) is 0 Å². The molecule has 1 aliphatic carbocycles. The fourth-order valence-electron chi connectivity index (χ4n) is 2.94. The molecule has 0 amide bonds. The highest BCUT2D eigenvalue weighted by Crippen LogP contribution is 2.40. The van der Waals surface area contributed by atoms with Crippen LogP contribution in [0.1, 0.15) is 50.4 Å². The largest absolute Gasteiger partial charge is 0.324 e. The van der Waals surface area contributed by atoms with Gasteiger partial charge in [-0.2, -0.15) is 0 Å². The molecule has 0 fully saturated rings. The molecule has 1 aromatic carbocycles. The van der Waals surface area contributed by atoms with Gasteiger partial charge in [0.25, 0.3) is 0 Å². The van der Waals surface area contributed by atoms with E-state index in [-0.39, 0.29) is 6.04 Å². The number of hydrogen-bond acceptors (Lipinski definition) is 2. The first-order chi connectivity index (χ1) is 8.13. The Balaban J connectivity index is 2.23. The van der Waals surface area contributed by atoms with E-state index in [2.05, 4.69) is 49.9 Å². The second kappa shape index (κ2) is 5.19. The van der Waals surface area contributed by atoms with Gasteiger partial charge in [-0.25, -0.2) is 0 Å². The molecule has 0 aliphatic heterocycles. The van der Waals surface area contributed by atoms with Crippen molar-refractivity contribution in [3.63, 3.8) is 0 Å². The predicted octanol–water partition coefficient (Wildman–Crippen LogP) is 3.11. The molecule has 94 valence electrons. The van der Waals surface area contributed by atoms with Crippen LogP contribution in [0.2, 0.25) is 0 Å². The van der Waals surface area contributed by atoms with Crippen LogP contribution in [-0.4, -0.2) is 18.0 Å². The number of nitrogens with zero attached hydrogens (tertiary/aromatic N) is 1. The van der Waals surface area contributed by atoms with Gasteiger partial charge in [-0.3, -0.25) is 4.90 Å². The molecule has 2 heteroatoms. The number of fused-ring (bicyclic) bond motifs is 1. The van der Waals surface area contributed by atoms with E-state index in [0.29, 0.717) is 12.0 Å². The van der Waals surface area contributed by atoms with E-state index in [0.717, 1.165) is 19.5 Å². The third-order valence-corrected chi connectivity index (χ3v) is 3.68. The molecule has 0 heterocycles. The van der Waals surface area contributed by atoms with Crippen LogP contribution in [-0.2, 0) is 0 Å². The Morgan fingerprint density at radius 3 is 2.53 bits per heavy atom. The number of hydrogen-bond donors (Lipinski definition) is 1. The van der Waals surface area contributed by atoms with Gasteiger partial charge in [0, 0.05) is 18.6 Å². The molecule has 0 aromatic heterocycles. The van der Waals surface area contributed by atoms with E-state index in [4.69, 9.17) is 5.73 Å². The van der Waals surface area contributed by atoms with Crippen LogP contribution >= 0.6 is 0 Å². The van der Waals surface area contributed by atoms with Crippen molar-refractivity contribution in [3.8, 4) is 0 Å². The summed E-state index contributed by atoms with van der Waals surface area (Å²) in [6.45, 7) is 9.06. The van der Waals surface area contributed by atoms with Crippen LogP contribution < -0.4 is 5.73 Å². The molecule has 0 radical (unpaired) electrons. The average molecular weight is 232 g/mol. The molecule has 0 spiro atoms. The van der Waals surface area contributed by atoms with E-state index in [9.17, 15) is 0 Å². The zero-order chi connectivity index (χ0) is 12.4. The molecule has 1 aliphatic rings. The molecule has 0 bridgehead atoms.